The molecule has 4 heterocycles. The van der Waals surface area contributed by atoms with Crippen LogP contribution in [0.3, 0.4) is 0 Å². The lowest BCUT2D eigenvalue weighted by Crippen LogP contribution is -2.58. The van der Waals surface area contributed by atoms with Crippen LogP contribution in [-0.4, -0.2) is 46.6 Å². The van der Waals surface area contributed by atoms with E-state index in [1.807, 2.05) is 31.2 Å². The molecule has 35 heavy (non-hydrogen) atoms. The molecule has 0 spiro atoms. The van der Waals surface area contributed by atoms with Crippen molar-refractivity contribution in [1.29, 1.82) is 0 Å². The number of piperidine rings is 3. The van der Waals surface area contributed by atoms with Gasteiger partial charge in [-0.2, -0.15) is 0 Å². The van der Waals surface area contributed by atoms with E-state index in [4.69, 9.17) is 4.42 Å². The second kappa shape index (κ2) is 8.21. The summed E-state index contributed by atoms with van der Waals surface area (Å²) in [4.78, 5) is 18.0. The van der Waals surface area contributed by atoms with E-state index in [1.54, 1.807) is 5.57 Å². The van der Waals surface area contributed by atoms with Crippen LogP contribution in [0.5, 0.6) is 5.75 Å². The number of hydrogen-bond donors (Lipinski definition) is 1. The molecule has 5 heteroatoms. The van der Waals surface area contributed by atoms with Crippen LogP contribution >= 0.6 is 0 Å². The molecule has 4 aliphatic rings. The predicted octanol–water partition coefficient (Wildman–Crippen LogP) is 5.36. The number of phenols is 1. The van der Waals surface area contributed by atoms with Crippen molar-refractivity contribution in [1.82, 2.24) is 9.80 Å². The van der Waals surface area contributed by atoms with E-state index in [0.717, 1.165) is 41.4 Å². The zero-order chi connectivity index (χ0) is 23.7. The second-order valence-electron chi connectivity index (χ2n) is 11.3. The van der Waals surface area contributed by atoms with Gasteiger partial charge in [0.1, 0.15) is 11.3 Å². The standard InChI is InChI=1S/C30H34N2O3/c1-18-28(33)22(15-25-23-8-2-3-9-24(23)30(34)35-29(18)25)17-32-12-6-7-19-13-20-14-21(27(19)32)16-31-11-5-4-10-26(20)31/h2-3,8-9,13,15,20-21,26-27,33H,4-7,10-12,14,16-17H2,1H3/t20-,21-,26+,27+/m0/s1. The van der Waals surface area contributed by atoms with Gasteiger partial charge in [0, 0.05) is 41.7 Å². The highest BCUT2D eigenvalue weighted by molar-refractivity contribution is 6.06. The molecule has 4 atom stereocenters. The van der Waals surface area contributed by atoms with Gasteiger partial charge < -0.3 is 9.52 Å². The molecule has 1 aliphatic carbocycles. The Labute approximate surface area is 206 Å². The van der Waals surface area contributed by atoms with Gasteiger partial charge in [-0.3, -0.25) is 9.80 Å². The maximum Gasteiger partial charge on any atom is 0.344 e. The van der Waals surface area contributed by atoms with Gasteiger partial charge in [0.2, 0.25) is 0 Å². The van der Waals surface area contributed by atoms with Crippen molar-refractivity contribution in [3.05, 3.63) is 63.5 Å². The first kappa shape index (κ1) is 21.6. The monoisotopic (exact) mass is 470 g/mol. The van der Waals surface area contributed by atoms with Crippen LogP contribution in [0.15, 0.2) is 51.2 Å². The highest BCUT2D eigenvalue weighted by Gasteiger charge is 2.45. The van der Waals surface area contributed by atoms with E-state index in [1.165, 1.54) is 51.6 Å². The molecule has 0 radical (unpaired) electrons. The third-order valence-electron chi connectivity index (χ3n) is 9.33. The SMILES string of the molecule is Cc1c(O)c(CN2CCCC3=C[C@H]4C[C@@H](CN5CCCC[C@H]45)[C@@H]32)cc2c1oc(=O)c1ccccc12. The summed E-state index contributed by atoms with van der Waals surface area (Å²) in [5.41, 5.74) is 3.39. The third kappa shape index (κ3) is 3.39. The van der Waals surface area contributed by atoms with Crippen LogP contribution in [0.4, 0.5) is 0 Å². The Morgan fingerprint density at radius 1 is 1.09 bits per heavy atom. The fourth-order valence-electron chi connectivity index (χ4n) is 7.83. The lowest BCUT2D eigenvalue weighted by atomic mass is 9.68. The van der Waals surface area contributed by atoms with Crippen molar-refractivity contribution in [3.8, 4) is 5.75 Å². The Bertz CT molecular complexity index is 1410. The minimum Gasteiger partial charge on any atom is -0.507 e. The number of fused-ring (bicyclic) bond motifs is 9. The van der Waals surface area contributed by atoms with Gasteiger partial charge >= 0.3 is 5.63 Å². The molecule has 3 aliphatic heterocycles. The molecular formula is C30H34N2O3. The number of likely N-dealkylation sites (tertiary alicyclic amines) is 1. The van der Waals surface area contributed by atoms with Gasteiger partial charge in [0.05, 0.1) is 5.39 Å². The van der Waals surface area contributed by atoms with Crippen molar-refractivity contribution < 1.29 is 9.52 Å². The van der Waals surface area contributed by atoms with Gasteiger partial charge in [-0.15, -0.1) is 0 Å². The maximum atomic E-state index is 12.6. The number of hydrogen-bond acceptors (Lipinski definition) is 5. The first-order chi connectivity index (χ1) is 17.1. The predicted molar refractivity (Wildman–Crippen MR) is 139 cm³/mol. The van der Waals surface area contributed by atoms with Crippen LogP contribution < -0.4 is 5.63 Å². The van der Waals surface area contributed by atoms with E-state index in [2.05, 4.69) is 21.9 Å². The van der Waals surface area contributed by atoms with Crippen LogP contribution in [-0.2, 0) is 6.54 Å². The molecule has 2 bridgehead atoms. The van der Waals surface area contributed by atoms with Crippen LogP contribution in [0.2, 0.25) is 0 Å². The van der Waals surface area contributed by atoms with Crippen LogP contribution in [0, 0.1) is 18.8 Å². The van der Waals surface area contributed by atoms with E-state index >= 15 is 0 Å². The normalized spacial score (nSPS) is 29.1. The average molecular weight is 471 g/mol. The fraction of sp³-hybridized carbons (Fsp3) is 0.500. The van der Waals surface area contributed by atoms with Gasteiger partial charge in [0.15, 0.2) is 0 Å². The fourth-order valence-corrected chi connectivity index (χ4v) is 7.83. The molecule has 0 amide bonds. The average Bonchev–Trinajstić information content (AvgIpc) is 2.88. The first-order valence-electron chi connectivity index (χ1n) is 13.4. The lowest BCUT2D eigenvalue weighted by molar-refractivity contribution is -0.00277. The summed E-state index contributed by atoms with van der Waals surface area (Å²) in [6, 6.07) is 10.9. The van der Waals surface area contributed by atoms with Crippen LogP contribution in [0.25, 0.3) is 21.7 Å². The quantitative estimate of drug-likeness (QED) is 0.311. The van der Waals surface area contributed by atoms with E-state index in [-0.39, 0.29) is 11.4 Å². The van der Waals surface area contributed by atoms with E-state index < -0.39 is 0 Å². The highest BCUT2D eigenvalue weighted by Crippen LogP contribution is 2.46. The molecule has 0 unspecified atom stereocenters. The number of phenolic OH excluding ortho intramolecular Hbond substituents is 1. The highest BCUT2D eigenvalue weighted by atomic mass is 16.4. The summed E-state index contributed by atoms with van der Waals surface area (Å²) in [7, 11) is 0. The number of aromatic hydroxyl groups is 1. The molecule has 5 nitrogen and oxygen atoms in total. The smallest absolute Gasteiger partial charge is 0.344 e. The molecule has 3 fully saturated rings. The number of benzene rings is 2. The molecule has 3 aromatic rings. The van der Waals surface area contributed by atoms with Gasteiger partial charge in [-0.1, -0.05) is 36.3 Å². The molecule has 0 saturated carbocycles. The number of rotatable bonds is 2. The van der Waals surface area contributed by atoms with Crippen molar-refractivity contribution >= 4 is 21.7 Å². The first-order valence-corrected chi connectivity index (χ1v) is 13.4. The zero-order valence-electron chi connectivity index (χ0n) is 20.5. The van der Waals surface area contributed by atoms with Crippen LogP contribution in [0.1, 0.15) is 49.7 Å². The number of aryl methyl sites for hydroxylation is 1. The number of nitrogens with zero attached hydrogens (tertiary/aromatic N) is 2. The summed E-state index contributed by atoms with van der Waals surface area (Å²) >= 11 is 0. The Kier molecular flexibility index (Phi) is 5.07. The van der Waals surface area contributed by atoms with E-state index in [0.29, 0.717) is 28.5 Å². The van der Waals surface area contributed by atoms with Crippen molar-refractivity contribution in [3.63, 3.8) is 0 Å². The minimum absolute atomic E-state index is 0.264. The summed E-state index contributed by atoms with van der Waals surface area (Å²) in [6.07, 6.45) is 10.5. The van der Waals surface area contributed by atoms with Crippen molar-refractivity contribution in [2.24, 2.45) is 11.8 Å². The molecule has 1 N–H and O–H groups in total. The third-order valence-corrected chi connectivity index (χ3v) is 9.33. The zero-order valence-corrected chi connectivity index (χ0v) is 20.5. The molecule has 2 aromatic carbocycles. The van der Waals surface area contributed by atoms with Crippen molar-refractivity contribution in [2.75, 3.05) is 19.6 Å². The molecule has 1 aromatic heterocycles. The van der Waals surface area contributed by atoms with Gasteiger partial charge in [0.25, 0.3) is 0 Å². The summed E-state index contributed by atoms with van der Waals surface area (Å²) in [5.74, 6) is 1.67. The van der Waals surface area contributed by atoms with E-state index in [9.17, 15) is 9.90 Å². The summed E-state index contributed by atoms with van der Waals surface area (Å²) in [6.45, 7) is 6.13. The molecular weight excluding hydrogens is 436 g/mol. The second-order valence-corrected chi connectivity index (χ2v) is 11.3. The van der Waals surface area contributed by atoms with Gasteiger partial charge in [-0.25, -0.2) is 4.79 Å². The Morgan fingerprint density at radius 2 is 1.94 bits per heavy atom. The lowest BCUT2D eigenvalue weighted by Gasteiger charge is -2.54. The van der Waals surface area contributed by atoms with Crippen molar-refractivity contribution in [2.45, 2.75) is 64.1 Å². The minimum atomic E-state index is -0.348. The Morgan fingerprint density at radius 3 is 2.83 bits per heavy atom. The molecule has 182 valence electrons. The Hall–Kier alpha value is -2.63. The largest absolute Gasteiger partial charge is 0.507 e. The Balaban J connectivity index is 1.28. The molecule has 7 rings (SSSR count). The molecule has 3 saturated heterocycles. The topological polar surface area (TPSA) is 56.9 Å². The summed E-state index contributed by atoms with van der Waals surface area (Å²) in [5, 5.41) is 13.6. The van der Waals surface area contributed by atoms with Gasteiger partial charge in [-0.05, 0) is 81.5 Å². The summed E-state index contributed by atoms with van der Waals surface area (Å²) < 4.78 is 5.68. The maximum absolute atomic E-state index is 12.6.